The fourth-order valence-corrected chi connectivity index (χ4v) is 3.38. The van der Waals surface area contributed by atoms with Crippen LogP contribution in [0.5, 0.6) is 11.5 Å². The van der Waals surface area contributed by atoms with Crippen LogP contribution in [0.25, 0.3) is 6.08 Å². The molecule has 1 amide bonds. The van der Waals surface area contributed by atoms with Crippen LogP contribution in [0.15, 0.2) is 66.7 Å². The van der Waals surface area contributed by atoms with Crippen LogP contribution in [0, 0.1) is 0 Å². The Morgan fingerprint density at radius 1 is 0.970 bits per heavy atom. The molecule has 3 aromatic rings. The lowest BCUT2D eigenvalue weighted by molar-refractivity contribution is 0.0995. The highest BCUT2D eigenvalue weighted by atomic mass is 35.5. The van der Waals surface area contributed by atoms with E-state index in [0.29, 0.717) is 38.8 Å². The van der Waals surface area contributed by atoms with Gasteiger partial charge < -0.3 is 15.2 Å². The van der Waals surface area contributed by atoms with E-state index in [-0.39, 0.29) is 18.2 Å². The van der Waals surface area contributed by atoms with E-state index in [1.54, 1.807) is 66.7 Å². The number of benzene rings is 3. The van der Waals surface area contributed by atoms with Crippen LogP contribution in [0.2, 0.25) is 5.02 Å². The van der Waals surface area contributed by atoms with E-state index in [1.807, 2.05) is 0 Å². The van der Waals surface area contributed by atoms with E-state index < -0.39 is 5.91 Å². The lowest BCUT2D eigenvalue weighted by Crippen LogP contribution is -2.11. The van der Waals surface area contributed by atoms with Crippen LogP contribution in [-0.4, -0.2) is 24.6 Å². The number of carbonyl (C=O) groups is 3. The highest BCUT2D eigenvalue weighted by Gasteiger charge is 2.13. The average molecular weight is 464 g/mol. The maximum Gasteiger partial charge on any atom is 0.248 e. The molecule has 0 aliphatic rings. The van der Waals surface area contributed by atoms with Gasteiger partial charge in [-0.1, -0.05) is 48.0 Å². The van der Waals surface area contributed by atoms with Gasteiger partial charge in [-0.15, -0.1) is 0 Å². The third-order valence-electron chi connectivity index (χ3n) is 4.83. The first kappa shape index (κ1) is 23.8. The van der Waals surface area contributed by atoms with Gasteiger partial charge in [0.1, 0.15) is 6.61 Å². The second kappa shape index (κ2) is 10.6. The van der Waals surface area contributed by atoms with Crippen molar-refractivity contribution < 1.29 is 23.9 Å². The van der Waals surface area contributed by atoms with Gasteiger partial charge in [-0.2, -0.15) is 0 Å². The number of allylic oxidation sites excluding steroid dienone is 1. The van der Waals surface area contributed by atoms with E-state index in [0.717, 1.165) is 5.56 Å². The van der Waals surface area contributed by atoms with Crippen molar-refractivity contribution in [2.24, 2.45) is 5.73 Å². The molecule has 0 atom stereocenters. The van der Waals surface area contributed by atoms with Gasteiger partial charge in [-0.05, 0) is 54.5 Å². The molecule has 0 unspecified atom stereocenters. The summed E-state index contributed by atoms with van der Waals surface area (Å²) in [4.78, 5) is 35.4. The van der Waals surface area contributed by atoms with Crippen molar-refractivity contribution in [3.63, 3.8) is 0 Å². The Bertz CT molecular complexity index is 1250. The zero-order valence-electron chi connectivity index (χ0n) is 18.1. The maximum atomic E-state index is 12.5. The first-order valence-electron chi connectivity index (χ1n) is 10.0. The van der Waals surface area contributed by atoms with Crippen molar-refractivity contribution in [2.75, 3.05) is 7.11 Å². The Hall–Kier alpha value is -3.90. The molecule has 0 spiro atoms. The van der Waals surface area contributed by atoms with Crippen molar-refractivity contribution in [1.29, 1.82) is 0 Å². The van der Waals surface area contributed by atoms with Gasteiger partial charge in [0.15, 0.2) is 23.1 Å². The van der Waals surface area contributed by atoms with Gasteiger partial charge in [-0.3, -0.25) is 14.4 Å². The van der Waals surface area contributed by atoms with Crippen LogP contribution >= 0.6 is 11.6 Å². The summed E-state index contributed by atoms with van der Waals surface area (Å²) in [6.45, 7) is 1.60. The zero-order chi connectivity index (χ0) is 24.0. The van der Waals surface area contributed by atoms with Crippen molar-refractivity contribution in [3.05, 3.63) is 99.6 Å². The number of primary amides is 1. The molecular weight excluding hydrogens is 442 g/mol. The first-order valence-corrected chi connectivity index (χ1v) is 10.4. The standard InChI is InChI=1S/C26H22ClNO5/c1-16(29)19-6-4-7-20(14-19)23(30)10-9-17-12-22(27)25(24(13-17)32-2)33-15-18-5-3-8-21(11-18)26(28)31/h3-14H,15H2,1-2H3,(H2,28,31)/b10-9+. The van der Waals surface area contributed by atoms with E-state index in [9.17, 15) is 14.4 Å². The van der Waals surface area contributed by atoms with Gasteiger partial charge in [0.05, 0.1) is 12.1 Å². The molecule has 0 aliphatic heterocycles. The second-order valence-corrected chi connectivity index (χ2v) is 7.63. The first-order chi connectivity index (χ1) is 15.8. The van der Waals surface area contributed by atoms with Crippen LogP contribution in [0.1, 0.15) is 49.1 Å². The summed E-state index contributed by atoms with van der Waals surface area (Å²) in [5.74, 6) is -0.156. The normalized spacial score (nSPS) is 10.8. The number of halogens is 1. The summed E-state index contributed by atoms with van der Waals surface area (Å²) in [7, 11) is 1.48. The number of ether oxygens (including phenoxy) is 2. The molecule has 0 saturated heterocycles. The maximum absolute atomic E-state index is 12.5. The minimum atomic E-state index is -0.522. The second-order valence-electron chi connectivity index (χ2n) is 7.22. The van der Waals surface area contributed by atoms with E-state index in [4.69, 9.17) is 26.8 Å². The minimum absolute atomic E-state index is 0.109. The largest absolute Gasteiger partial charge is 0.493 e. The summed E-state index contributed by atoms with van der Waals surface area (Å²) in [5, 5.41) is 0.297. The molecular formula is C26H22ClNO5. The molecule has 0 fully saturated rings. The van der Waals surface area contributed by atoms with E-state index >= 15 is 0 Å². The molecule has 168 valence electrons. The lowest BCUT2D eigenvalue weighted by atomic mass is 10.0. The van der Waals surface area contributed by atoms with Crippen molar-refractivity contribution in [2.45, 2.75) is 13.5 Å². The summed E-state index contributed by atoms with van der Waals surface area (Å²) >= 11 is 6.41. The van der Waals surface area contributed by atoms with Gasteiger partial charge in [0, 0.05) is 16.7 Å². The number of methoxy groups -OCH3 is 1. The summed E-state index contributed by atoms with van der Waals surface area (Å²) in [6, 6.07) is 16.7. The van der Waals surface area contributed by atoms with Crippen molar-refractivity contribution in [1.82, 2.24) is 0 Å². The average Bonchev–Trinajstić information content (AvgIpc) is 2.81. The molecule has 2 N–H and O–H groups in total. The lowest BCUT2D eigenvalue weighted by Gasteiger charge is -2.14. The van der Waals surface area contributed by atoms with Crippen molar-refractivity contribution >= 4 is 35.2 Å². The molecule has 0 aromatic heterocycles. The monoisotopic (exact) mass is 463 g/mol. The molecule has 6 nitrogen and oxygen atoms in total. The number of hydrogen-bond acceptors (Lipinski definition) is 5. The number of ketones is 2. The fourth-order valence-electron chi connectivity index (χ4n) is 3.11. The van der Waals surface area contributed by atoms with Crippen LogP contribution in [-0.2, 0) is 6.61 Å². The summed E-state index contributed by atoms with van der Waals surface area (Å²) in [6.07, 6.45) is 3.01. The number of carbonyl (C=O) groups excluding carboxylic acids is 3. The Morgan fingerprint density at radius 3 is 2.36 bits per heavy atom. The fraction of sp³-hybridized carbons (Fsp3) is 0.115. The molecule has 0 saturated carbocycles. The smallest absolute Gasteiger partial charge is 0.248 e. The third kappa shape index (κ3) is 6.08. The number of hydrogen-bond donors (Lipinski definition) is 1. The Labute approximate surface area is 196 Å². The molecule has 3 rings (SSSR count). The summed E-state index contributed by atoms with van der Waals surface area (Å²) in [5.41, 5.74) is 7.96. The molecule has 0 heterocycles. The molecule has 0 radical (unpaired) electrons. The van der Waals surface area contributed by atoms with Crippen LogP contribution in [0.4, 0.5) is 0 Å². The molecule has 33 heavy (non-hydrogen) atoms. The minimum Gasteiger partial charge on any atom is -0.493 e. The molecule has 7 heteroatoms. The zero-order valence-corrected chi connectivity index (χ0v) is 18.9. The number of nitrogens with two attached hydrogens (primary N) is 1. The summed E-state index contributed by atoms with van der Waals surface area (Å²) < 4.78 is 11.2. The number of amides is 1. The van der Waals surface area contributed by atoms with E-state index in [1.165, 1.54) is 20.1 Å². The topological polar surface area (TPSA) is 95.7 Å². The molecule has 3 aromatic carbocycles. The van der Waals surface area contributed by atoms with Crippen LogP contribution in [0.3, 0.4) is 0 Å². The molecule has 0 aliphatic carbocycles. The Kier molecular flexibility index (Phi) is 7.64. The van der Waals surface area contributed by atoms with Gasteiger partial charge in [0.25, 0.3) is 0 Å². The predicted molar refractivity (Wildman–Crippen MR) is 127 cm³/mol. The SMILES string of the molecule is COc1cc(/C=C/C(=O)c2cccc(C(C)=O)c2)cc(Cl)c1OCc1cccc(C(N)=O)c1. The third-order valence-corrected chi connectivity index (χ3v) is 5.11. The number of Topliss-reactive ketones (excluding diaryl/α,β-unsaturated/α-hetero) is 1. The highest BCUT2D eigenvalue weighted by Crippen LogP contribution is 2.37. The Balaban J connectivity index is 1.78. The van der Waals surface area contributed by atoms with Gasteiger partial charge in [0.2, 0.25) is 5.91 Å². The van der Waals surface area contributed by atoms with Gasteiger partial charge in [-0.25, -0.2) is 0 Å². The van der Waals surface area contributed by atoms with Crippen molar-refractivity contribution in [3.8, 4) is 11.5 Å². The highest BCUT2D eigenvalue weighted by molar-refractivity contribution is 6.32. The Morgan fingerprint density at radius 2 is 1.67 bits per heavy atom. The van der Waals surface area contributed by atoms with E-state index in [2.05, 4.69) is 0 Å². The van der Waals surface area contributed by atoms with Crippen LogP contribution < -0.4 is 15.2 Å². The quantitative estimate of drug-likeness (QED) is 0.350. The number of rotatable bonds is 9. The van der Waals surface area contributed by atoms with Gasteiger partial charge >= 0.3 is 0 Å². The predicted octanol–water partition coefficient (Wildman–Crippen LogP) is 5.13. The molecule has 0 bridgehead atoms.